The molecule has 2 aromatic rings. The Labute approximate surface area is 168 Å². The molecule has 2 aromatic carbocycles. The Bertz CT molecular complexity index is 523. The second-order valence-electron chi connectivity index (χ2n) is 3.96. The molecule has 0 aliphatic heterocycles. The van der Waals surface area contributed by atoms with Crippen LogP contribution < -0.4 is 0 Å². The van der Waals surface area contributed by atoms with E-state index < -0.39 is 5.97 Å². The van der Waals surface area contributed by atoms with Crippen LogP contribution in [0.3, 0.4) is 0 Å². The van der Waals surface area contributed by atoms with Gasteiger partial charge in [-0.3, -0.25) is 0 Å². The fraction of sp³-hybridized carbons (Fsp3) is 0.0556. The third kappa shape index (κ3) is 9.55. The van der Waals surface area contributed by atoms with E-state index in [1.807, 2.05) is 19.1 Å². The van der Waals surface area contributed by atoms with Gasteiger partial charge in [-0.05, 0) is 18.1 Å². The van der Waals surface area contributed by atoms with E-state index in [2.05, 4.69) is 48.5 Å². The predicted molar refractivity (Wildman–Crippen MR) is 90.6 cm³/mol. The number of rotatable bonds is 3. The van der Waals surface area contributed by atoms with Gasteiger partial charge in [0.05, 0.1) is 0 Å². The van der Waals surface area contributed by atoms with Crippen molar-refractivity contribution in [2.45, 2.75) is 6.92 Å². The van der Waals surface area contributed by atoms with Gasteiger partial charge in [-0.25, -0.2) is 4.79 Å². The number of carboxylic acid groups (broad SMARTS) is 1. The molecule has 3 heteroatoms. The Kier molecular flexibility index (Phi) is 12.2. The summed E-state index contributed by atoms with van der Waals surface area (Å²) < 4.78 is 0. The van der Waals surface area contributed by atoms with Crippen LogP contribution in [0.1, 0.15) is 6.92 Å². The smallest absolute Gasteiger partial charge is 0.0184 e. The number of aliphatic carboxylic acids is 1. The van der Waals surface area contributed by atoms with Crippen LogP contribution in [0.5, 0.6) is 0 Å². The van der Waals surface area contributed by atoms with Crippen LogP contribution in [0, 0.1) is 0 Å². The molecule has 0 aliphatic carbocycles. The Morgan fingerprint density at radius 2 is 1.29 bits per heavy atom. The zero-order chi connectivity index (χ0) is 14.6. The summed E-state index contributed by atoms with van der Waals surface area (Å²) in [5.41, 5.74) is 2.55. The van der Waals surface area contributed by atoms with Gasteiger partial charge < -0.3 is 5.11 Å². The van der Waals surface area contributed by atoms with Crippen LogP contribution in [0.4, 0.5) is 0 Å². The van der Waals surface area contributed by atoms with Gasteiger partial charge in [-0.1, -0.05) is 78.9 Å². The molecule has 104 valence electrons. The number of hydrogen-bond donors (Lipinski definition) is 1. The average molecular weight is 306 g/mol. The second kappa shape index (κ2) is 12.7. The van der Waals surface area contributed by atoms with Crippen molar-refractivity contribution in [2.75, 3.05) is 0 Å². The standard InChI is InChI=1S/C12H10.C6H8O2.K.H/c1-3-7-11(8-4-1)12-9-5-2-6-10-12;1-2-3-4-5-6(7)8;;/h1-10H;2-5H,1H3,(H,7,8);;/b;3-2+,5-4+;;. The molecule has 0 atom stereocenters. The van der Waals surface area contributed by atoms with E-state index in [0.717, 1.165) is 6.08 Å². The molecule has 0 saturated heterocycles. The van der Waals surface area contributed by atoms with Crippen LogP contribution in [0.25, 0.3) is 11.1 Å². The molecule has 21 heavy (non-hydrogen) atoms. The first-order chi connectivity index (χ1) is 9.74. The third-order valence-electron chi connectivity index (χ3n) is 2.42. The van der Waals surface area contributed by atoms with E-state index in [9.17, 15) is 4.79 Å². The molecule has 0 heterocycles. The normalized spacial score (nSPS) is 9.76. The molecule has 0 unspecified atom stereocenters. The molecule has 0 aliphatic rings. The van der Waals surface area contributed by atoms with Gasteiger partial charge in [0.25, 0.3) is 0 Å². The predicted octanol–water partition coefficient (Wildman–Crippen LogP) is 3.91. The van der Waals surface area contributed by atoms with Gasteiger partial charge in [0, 0.05) is 6.08 Å². The van der Waals surface area contributed by atoms with Crippen molar-refractivity contribution in [3.8, 4) is 11.1 Å². The van der Waals surface area contributed by atoms with Gasteiger partial charge in [0.15, 0.2) is 0 Å². The average Bonchev–Trinajstić information content (AvgIpc) is 2.50. The first-order valence-corrected chi connectivity index (χ1v) is 6.37. The number of carboxylic acids is 1. The van der Waals surface area contributed by atoms with Gasteiger partial charge in [0.1, 0.15) is 0 Å². The maximum Gasteiger partial charge on any atom is -0.0184 e. The summed E-state index contributed by atoms with van der Waals surface area (Å²) in [6.07, 6.45) is 5.98. The summed E-state index contributed by atoms with van der Waals surface area (Å²) in [5, 5.41) is 8.02. The summed E-state index contributed by atoms with van der Waals surface area (Å²) in [7, 11) is 0. The first-order valence-electron chi connectivity index (χ1n) is 6.37. The Hall–Kier alpha value is -0.974. The zero-order valence-corrected chi connectivity index (χ0v) is 11.4. The number of hydrogen-bond acceptors (Lipinski definition) is 1. The molecule has 0 radical (unpaired) electrons. The molecular formula is C18H19KO2. The van der Waals surface area contributed by atoms with Crippen LogP contribution >= 0.6 is 0 Å². The van der Waals surface area contributed by atoms with Gasteiger partial charge >= 0.3 is 57.4 Å². The van der Waals surface area contributed by atoms with Gasteiger partial charge in [-0.15, -0.1) is 0 Å². The molecule has 2 nitrogen and oxygen atoms in total. The molecule has 1 N–H and O–H groups in total. The van der Waals surface area contributed by atoms with E-state index in [-0.39, 0.29) is 51.4 Å². The van der Waals surface area contributed by atoms with Crippen LogP contribution in [0.2, 0.25) is 0 Å². The third-order valence-corrected chi connectivity index (χ3v) is 2.42. The zero-order valence-electron chi connectivity index (χ0n) is 11.4. The van der Waals surface area contributed by atoms with Crippen LogP contribution in [0.15, 0.2) is 85.0 Å². The molecular weight excluding hydrogens is 287 g/mol. The topological polar surface area (TPSA) is 37.3 Å². The molecule has 0 amide bonds. The molecule has 2 rings (SSSR count). The van der Waals surface area contributed by atoms with Crippen molar-refractivity contribution in [2.24, 2.45) is 0 Å². The molecule has 0 saturated carbocycles. The van der Waals surface area contributed by atoms with E-state index in [1.165, 1.54) is 17.2 Å². The maximum atomic E-state index is 9.75. The largest absolute Gasteiger partial charge is 0.0622 e. The van der Waals surface area contributed by atoms with Crippen molar-refractivity contribution in [3.05, 3.63) is 85.0 Å². The van der Waals surface area contributed by atoms with E-state index in [4.69, 9.17) is 5.11 Å². The molecule has 0 bridgehead atoms. The van der Waals surface area contributed by atoms with E-state index >= 15 is 0 Å². The summed E-state index contributed by atoms with van der Waals surface area (Å²) in [6, 6.07) is 20.8. The Balaban J connectivity index is 0.000000397. The quantitative estimate of drug-likeness (QED) is 0.530. The summed E-state index contributed by atoms with van der Waals surface area (Å²) in [5.74, 6) is -0.914. The number of benzene rings is 2. The fourth-order valence-corrected chi connectivity index (χ4v) is 1.51. The minimum atomic E-state index is -0.914. The summed E-state index contributed by atoms with van der Waals surface area (Å²) in [4.78, 5) is 9.75. The molecule has 0 spiro atoms. The number of allylic oxidation sites excluding steroid dienone is 3. The van der Waals surface area contributed by atoms with Crippen LogP contribution in [-0.2, 0) is 4.79 Å². The van der Waals surface area contributed by atoms with Gasteiger partial charge in [-0.2, -0.15) is 0 Å². The second-order valence-corrected chi connectivity index (χ2v) is 3.96. The molecule has 0 fully saturated rings. The number of carbonyl (C=O) groups is 1. The van der Waals surface area contributed by atoms with Crippen molar-refractivity contribution in [1.82, 2.24) is 0 Å². The Morgan fingerprint density at radius 3 is 1.62 bits per heavy atom. The summed E-state index contributed by atoms with van der Waals surface area (Å²) >= 11 is 0. The summed E-state index contributed by atoms with van der Waals surface area (Å²) in [6.45, 7) is 1.83. The van der Waals surface area contributed by atoms with Crippen molar-refractivity contribution >= 4 is 57.4 Å². The minimum Gasteiger partial charge on any atom is -0.0622 e. The van der Waals surface area contributed by atoms with E-state index in [1.54, 1.807) is 12.2 Å². The first kappa shape index (κ1) is 20.0. The SMILES string of the molecule is C/C=C/C=C/C(=O)O.[KH].c1ccc(-c2ccccc2)cc1. The van der Waals surface area contributed by atoms with E-state index in [0.29, 0.717) is 0 Å². The minimum absolute atomic E-state index is 0. The Morgan fingerprint density at radius 1 is 0.857 bits per heavy atom. The fourth-order valence-electron chi connectivity index (χ4n) is 1.51. The van der Waals surface area contributed by atoms with Crippen molar-refractivity contribution in [3.63, 3.8) is 0 Å². The monoisotopic (exact) mass is 306 g/mol. The van der Waals surface area contributed by atoms with Gasteiger partial charge in [0.2, 0.25) is 0 Å². The maximum absolute atomic E-state index is 9.75. The van der Waals surface area contributed by atoms with Crippen LogP contribution in [-0.4, -0.2) is 62.5 Å². The van der Waals surface area contributed by atoms with Crippen molar-refractivity contribution < 1.29 is 9.90 Å². The molecule has 0 aromatic heterocycles. The van der Waals surface area contributed by atoms with Crippen molar-refractivity contribution in [1.29, 1.82) is 0 Å².